The topological polar surface area (TPSA) is 180 Å². The Morgan fingerprint density at radius 3 is 2.25 bits per heavy atom. The van der Waals surface area contributed by atoms with Crippen LogP contribution in [0.2, 0.25) is 0 Å². The molecule has 0 unspecified atom stereocenters. The zero-order valence-corrected chi connectivity index (χ0v) is 26.5. The molecule has 0 saturated carbocycles. The van der Waals surface area contributed by atoms with Crippen LogP contribution in [0, 0.1) is 0 Å². The van der Waals surface area contributed by atoms with E-state index in [4.69, 9.17) is 23.7 Å². The lowest BCUT2D eigenvalue weighted by atomic mass is 9.97. The normalized spacial score (nSPS) is 20.7. The van der Waals surface area contributed by atoms with Gasteiger partial charge in [-0.25, -0.2) is 4.68 Å². The van der Waals surface area contributed by atoms with Crippen molar-refractivity contribution in [1.29, 1.82) is 0 Å². The molecule has 1 aliphatic rings. The number of esters is 4. The number of ketones is 1. The fourth-order valence-electron chi connectivity index (χ4n) is 5.41. The van der Waals surface area contributed by atoms with Gasteiger partial charge >= 0.3 is 23.9 Å². The lowest BCUT2D eigenvalue weighted by Gasteiger charge is -2.44. The van der Waals surface area contributed by atoms with Gasteiger partial charge in [0, 0.05) is 68.3 Å². The van der Waals surface area contributed by atoms with Gasteiger partial charge in [0.1, 0.15) is 18.4 Å². The Morgan fingerprint density at radius 1 is 0.854 bits per heavy atom. The molecule has 1 aliphatic heterocycles. The molecule has 0 radical (unpaired) electrons. The second kappa shape index (κ2) is 14.8. The predicted octanol–water partition coefficient (Wildman–Crippen LogP) is 2.83. The van der Waals surface area contributed by atoms with Crippen LogP contribution >= 0.6 is 0 Å². The van der Waals surface area contributed by atoms with Crippen molar-refractivity contribution in [3.05, 3.63) is 84.1 Å². The predicted molar refractivity (Wildman–Crippen MR) is 166 cm³/mol. The Morgan fingerprint density at radius 2 is 1.56 bits per heavy atom. The van der Waals surface area contributed by atoms with Gasteiger partial charge in [-0.05, 0) is 30.4 Å². The van der Waals surface area contributed by atoms with E-state index in [0.717, 1.165) is 37.2 Å². The number of benzene rings is 1. The zero-order chi connectivity index (χ0) is 34.4. The van der Waals surface area contributed by atoms with E-state index in [2.05, 4.69) is 15.3 Å². The molecule has 1 aromatic carbocycles. The SMILES string of the molecule is CC(=O)OC[C@H]1O[C@@H](n2cc(Cn3cc(/C=C/C(=O)c4cccnc4)c4ccccc43)nn2)[C@H](OC(C)=O)[C@@H](OC(C)=O)[C@@H]1OC(C)=O. The molecular formula is C33H33N5O10. The molecule has 1 saturated heterocycles. The van der Waals surface area contributed by atoms with E-state index in [0.29, 0.717) is 11.3 Å². The number of aromatic nitrogens is 5. The lowest BCUT2D eigenvalue weighted by Crippen LogP contribution is -2.60. The number of para-hydroxylation sites is 1. The number of fused-ring (bicyclic) bond motifs is 1. The van der Waals surface area contributed by atoms with Gasteiger partial charge in [-0.3, -0.25) is 29.0 Å². The third-order valence-corrected chi connectivity index (χ3v) is 7.30. The Bertz CT molecular complexity index is 1850. The number of pyridine rings is 1. The van der Waals surface area contributed by atoms with Crippen LogP contribution < -0.4 is 0 Å². The van der Waals surface area contributed by atoms with Gasteiger partial charge in [0.2, 0.25) is 0 Å². The zero-order valence-electron chi connectivity index (χ0n) is 26.5. The standard InChI is InChI=1S/C33H33N5O10/c1-19(39)44-18-29-30(45-20(2)40)31(46-21(3)41)32(47-22(4)42)33(48-29)38-17-25(35-36-38)16-37-15-24(26-9-5-6-10-27(26)37)11-12-28(43)23-8-7-13-34-14-23/h5-15,17,29-33H,16,18H2,1-4H3/b12-11+/t29-,30-,31+,32-,33-/m1/s1. The average molecular weight is 660 g/mol. The minimum atomic E-state index is -1.35. The molecule has 0 spiro atoms. The first kappa shape index (κ1) is 33.7. The number of hydrogen-bond acceptors (Lipinski definition) is 13. The number of hydrogen-bond donors (Lipinski definition) is 0. The highest BCUT2D eigenvalue weighted by Crippen LogP contribution is 2.34. The van der Waals surface area contributed by atoms with Crippen molar-refractivity contribution < 1.29 is 47.7 Å². The number of allylic oxidation sites excluding steroid dienone is 1. The van der Waals surface area contributed by atoms with Gasteiger partial charge < -0.3 is 28.3 Å². The van der Waals surface area contributed by atoms with E-state index < -0.39 is 54.5 Å². The molecule has 5 rings (SSSR count). The summed E-state index contributed by atoms with van der Waals surface area (Å²) >= 11 is 0. The molecule has 4 aromatic rings. The summed E-state index contributed by atoms with van der Waals surface area (Å²) in [5.74, 6) is -3.01. The maximum atomic E-state index is 12.7. The molecule has 0 aliphatic carbocycles. The van der Waals surface area contributed by atoms with Crippen molar-refractivity contribution in [3.63, 3.8) is 0 Å². The highest BCUT2D eigenvalue weighted by molar-refractivity contribution is 6.07. The number of carbonyl (C=O) groups excluding carboxylic acids is 5. The molecular weight excluding hydrogens is 626 g/mol. The first-order chi connectivity index (χ1) is 23.0. The molecule has 48 heavy (non-hydrogen) atoms. The molecule has 3 aromatic heterocycles. The first-order valence-electron chi connectivity index (χ1n) is 14.9. The Labute approximate surface area is 274 Å². The number of ether oxygens (including phenoxy) is 5. The molecule has 1 fully saturated rings. The van der Waals surface area contributed by atoms with E-state index in [1.807, 2.05) is 35.0 Å². The van der Waals surface area contributed by atoms with Crippen molar-refractivity contribution in [3.8, 4) is 0 Å². The third kappa shape index (κ3) is 7.98. The average Bonchev–Trinajstić information content (AvgIpc) is 3.65. The van der Waals surface area contributed by atoms with Crippen molar-refractivity contribution in [2.75, 3.05) is 6.61 Å². The van der Waals surface area contributed by atoms with Crippen LogP contribution in [0.4, 0.5) is 0 Å². The van der Waals surface area contributed by atoms with E-state index in [1.54, 1.807) is 30.6 Å². The van der Waals surface area contributed by atoms with E-state index in [1.165, 1.54) is 23.9 Å². The summed E-state index contributed by atoms with van der Waals surface area (Å²) < 4.78 is 31.1. The maximum absolute atomic E-state index is 12.7. The van der Waals surface area contributed by atoms with E-state index in [9.17, 15) is 24.0 Å². The van der Waals surface area contributed by atoms with Crippen LogP contribution in [0.3, 0.4) is 0 Å². The van der Waals surface area contributed by atoms with Crippen LogP contribution in [-0.4, -0.2) is 85.2 Å². The molecule has 250 valence electrons. The second-order valence-electron chi connectivity index (χ2n) is 10.9. The Kier molecular flexibility index (Phi) is 10.4. The maximum Gasteiger partial charge on any atom is 0.303 e. The van der Waals surface area contributed by atoms with E-state index in [-0.39, 0.29) is 18.9 Å². The van der Waals surface area contributed by atoms with Gasteiger partial charge in [0.05, 0.1) is 12.7 Å². The van der Waals surface area contributed by atoms with Crippen LogP contribution in [0.15, 0.2) is 67.3 Å². The lowest BCUT2D eigenvalue weighted by molar-refractivity contribution is -0.270. The summed E-state index contributed by atoms with van der Waals surface area (Å²) in [5.41, 5.74) is 2.62. The van der Waals surface area contributed by atoms with Crippen LogP contribution in [0.1, 0.15) is 55.5 Å². The summed E-state index contributed by atoms with van der Waals surface area (Å²) in [7, 11) is 0. The molecule has 0 bridgehead atoms. The first-order valence-corrected chi connectivity index (χ1v) is 14.9. The Hall–Kier alpha value is -5.70. The van der Waals surface area contributed by atoms with Gasteiger partial charge in [-0.1, -0.05) is 23.4 Å². The molecule has 0 amide bonds. The second-order valence-corrected chi connectivity index (χ2v) is 10.9. The fraction of sp³-hybridized carbons (Fsp3) is 0.333. The molecule has 4 heterocycles. The summed E-state index contributed by atoms with van der Waals surface area (Å²) in [5, 5.41) is 9.42. The van der Waals surface area contributed by atoms with Crippen LogP contribution in [-0.2, 0) is 49.4 Å². The minimum Gasteiger partial charge on any atom is -0.463 e. The molecule has 15 heteroatoms. The van der Waals surface area contributed by atoms with Crippen molar-refractivity contribution >= 4 is 46.6 Å². The smallest absolute Gasteiger partial charge is 0.303 e. The summed E-state index contributed by atoms with van der Waals surface area (Å²) in [4.78, 5) is 64.8. The number of nitrogens with zero attached hydrogens (tertiary/aromatic N) is 5. The van der Waals surface area contributed by atoms with E-state index >= 15 is 0 Å². The van der Waals surface area contributed by atoms with Crippen LogP contribution in [0.5, 0.6) is 0 Å². The number of rotatable bonds is 11. The third-order valence-electron chi connectivity index (χ3n) is 7.30. The minimum absolute atomic E-state index is 0.187. The van der Waals surface area contributed by atoms with Gasteiger partial charge in [-0.2, -0.15) is 0 Å². The monoisotopic (exact) mass is 659 g/mol. The highest BCUT2D eigenvalue weighted by Gasteiger charge is 2.53. The largest absolute Gasteiger partial charge is 0.463 e. The molecule has 5 atom stereocenters. The van der Waals surface area contributed by atoms with Crippen LogP contribution in [0.25, 0.3) is 17.0 Å². The summed E-state index contributed by atoms with van der Waals surface area (Å²) in [6, 6.07) is 11.0. The molecule has 15 nitrogen and oxygen atoms in total. The summed E-state index contributed by atoms with van der Waals surface area (Å²) in [6.45, 7) is 4.53. The van der Waals surface area contributed by atoms with Crippen molar-refractivity contribution in [2.45, 2.75) is 64.9 Å². The number of carbonyl (C=O) groups is 5. The quantitative estimate of drug-likeness (QED) is 0.0994. The Balaban J connectivity index is 1.45. The summed E-state index contributed by atoms with van der Waals surface area (Å²) in [6.07, 6.45) is 3.44. The fourth-order valence-corrected chi connectivity index (χ4v) is 5.41. The molecule has 0 N–H and O–H groups in total. The highest BCUT2D eigenvalue weighted by atomic mass is 16.7. The van der Waals surface area contributed by atoms with Gasteiger partial charge in [0.15, 0.2) is 30.3 Å². The van der Waals surface area contributed by atoms with Gasteiger partial charge in [0.25, 0.3) is 0 Å². The van der Waals surface area contributed by atoms with Crippen molar-refractivity contribution in [2.24, 2.45) is 0 Å². The van der Waals surface area contributed by atoms with Gasteiger partial charge in [-0.15, -0.1) is 5.10 Å². The van der Waals surface area contributed by atoms with Crippen molar-refractivity contribution in [1.82, 2.24) is 24.5 Å².